The third-order valence-electron chi connectivity index (χ3n) is 2.81. The van der Waals surface area contributed by atoms with Crippen LogP contribution in [0.4, 0.5) is 0 Å². The molecule has 0 radical (unpaired) electrons. The Hall–Kier alpha value is -0.730. The van der Waals surface area contributed by atoms with Crippen LogP contribution in [0.25, 0.3) is 0 Å². The Kier molecular flexibility index (Phi) is 2.89. The number of carbonyl (C=O) groups is 1. The zero-order valence-corrected chi connectivity index (χ0v) is 9.48. The topological polar surface area (TPSA) is 37.3 Å². The highest BCUT2D eigenvalue weighted by molar-refractivity contribution is 6.35. The van der Waals surface area contributed by atoms with Gasteiger partial charge in [-0.2, -0.15) is 0 Å². The fourth-order valence-corrected chi connectivity index (χ4v) is 2.61. The molecule has 0 heterocycles. The summed E-state index contributed by atoms with van der Waals surface area (Å²) >= 11 is 11.9. The Morgan fingerprint density at radius 3 is 2.80 bits per heavy atom. The van der Waals surface area contributed by atoms with E-state index in [1.807, 2.05) is 6.07 Å². The van der Waals surface area contributed by atoms with Gasteiger partial charge in [0.25, 0.3) is 0 Å². The van der Waals surface area contributed by atoms with E-state index in [0.29, 0.717) is 22.9 Å². The average molecular weight is 245 g/mol. The van der Waals surface area contributed by atoms with Gasteiger partial charge in [0, 0.05) is 10.0 Å². The molecule has 0 spiro atoms. The third kappa shape index (κ3) is 2.11. The minimum absolute atomic E-state index is 0.309. The first-order valence-corrected chi connectivity index (χ1v) is 5.53. The molecule has 1 aromatic carbocycles. The lowest BCUT2D eigenvalue weighted by atomic mass is 9.84. The smallest absolute Gasteiger partial charge is 0.306 e. The van der Waals surface area contributed by atoms with E-state index in [9.17, 15) is 4.79 Å². The first kappa shape index (κ1) is 10.8. The predicted octanol–water partition coefficient (Wildman–Crippen LogP) is 3.18. The number of benzene rings is 1. The number of halogens is 2. The van der Waals surface area contributed by atoms with Crippen LogP contribution in [0.1, 0.15) is 17.5 Å². The molecule has 1 unspecified atom stereocenters. The second kappa shape index (κ2) is 4.03. The van der Waals surface area contributed by atoms with Crippen molar-refractivity contribution in [3.63, 3.8) is 0 Å². The van der Waals surface area contributed by atoms with Crippen LogP contribution < -0.4 is 0 Å². The van der Waals surface area contributed by atoms with Gasteiger partial charge in [-0.1, -0.05) is 23.2 Å². The number of hydrogen-bond donors (Lipinski definition) is 1. The van der Waals surface area contributed by atoms with Gasteiger partial charge in [-0.15, -0.1) is 0 Å². The highest BCUT2D eigenvalue weighted by Gasteiger charge is 2.25. The molecule has 0 fully saturated rings. The van der Waals surface area contributed by atoms with Crippen molar-refractivity contribution in [3.05, 3.63) is 33.3 Å². The van der Waals surface area contributed by atoms with Crippen LogP contribution in [-0.2, 0) is 17.6 Å². The second-order valence-corrected chi connectivity index (χ2v) is 4.65. The summed E-state index contributed by atoms with van der Waals surface area (Å²) in [6.45, 7) is 0. The maximum Gasteiger partial charge on any atom is 0.306 e. The van der Waals surface area contributed by atoms with Crippen LogP contribution in [0.3, 0.4) is 0 Å². The maximum absolute atomic E-state index is 10.9. The van der Waals surface area contributed by atoms with Gasteiger partial charge >= 0.3 is 5.97 Å². The van der Waals surface area contributed by atoms with Crippen LogP contribution in [0, 0.1) is 5.92 Å². The van der Waals surface area contributed by atoms with Crippen molar-refractivity contribution in [2.75, 3.05) is 0 Å². The molecule has 0 amide bonds. The Morgan fingerprint density at radius 1 is 1.40 bits per heavy atom. The monoisotopic (exact) mass is 244 g/mol. The average Bonchev–Trinajstić information content (AvgIpc) is 2.16. The lowest BCUT2D eigenvalue weighted by Crippen LogP contribution is -2.22. The highest BCUT2D eigenvalue weighted by atomic mass is 35.5. The van der Waals surface area contributed by atoms with E-state index in [-0.39, 0.29) is 5.92 Å². The molecule has 1 N–H and O–H groups in total. The minimum atomic E-state index is -0.744. The molecular formula is C11H10Cl2O2. The Balaban J connectivity index is 2.37. The van der Waals surface area contributed by atoms with Crippen LogP contribution in [-0.4, -0.2) is 11.1 Å². The minimum Gasteiger partial charge on any atom is -0.481 e. The number of rotatable bonds is 1. The summed E-state index contributed by atoms with van der Waals surface area (Å²) in [6.07, 6.45) is 1.92. The molecule has 1 aromatic rings. The number of fused-ring (bicyclic) bond motifs is 1. The fraction of sp³-hybridized carbons (Fsp3) is 0.364. The molecule has 1 aliphatic carbocycles. The highest BCUT2D eigenvalue weighted by Crippen LogP contribution is 2.33. The molecule has 1 atom stereocenters. The molecule has 2 rings (SSSR count). The van der Waals surface area contributed by atoms with Crippen molar-refractivity contribution in [1.29, 1.82) is 0 Å². The van der Waals surface area contributed by atoms with Crippen molar-refractivity contribution in [2.45, 2.75) is 19.3 Å². The molecule has 15 heavy (non-hydrogen) atoms. The van der Waals surface area contributed by atoms with Gasteiger partial charge in [0.05, 0.1) is 5.92 Å². The van der Waals surface area contributed by atoms with Gasteiger partial charge in [-0.3, -0.25) is 4.79 Å². The number of aliphatic carboxylic acids is 1. The summed E-state index contributed by atoms with van der Waals surface area (Å²) < 4.78 is 0. The van der Waals surface area contributed by atoms with Crippen molar-refractivity contribution in [2.24, 2.45) is 5.92 Å². The van der Waals surface area contributed by atoms with Crippen molar-refractivity contribution in [1.82, 2.24) is 0 Å². The van der Waals surface area contributed by atoms with Crippen LogP contribution in [0.2, 0.25) is 10.0 Å². The second-order valence-electron chi connectivity index (χ2n) is 3.80. The molecule has 80 valence electrons. The third-order valence-corrected chi connectivity index (χ3v) is 3.37. The lowest BCUT2D eigenvalue weighted by Gasteiger charge is -2.22. The predicted molar refractivity (Wildman–Crippen MR) is 59.6 cm³/mol. The SMILES string of the molecule is O=C(O)C1CCc2cc(Cl)cc(Cl)c2C1. The summed E-state index contributed by atoms with van der Waals surface area (Å²) in [5.74, 6) is -1.05. The van der Waals surface area contributed by atoms with Gasteiger partial charge in [0.1, 0.15) is 0 Å². The van der Waals surface area contributed by atoms with E-state index in [0.717, 1.165) is 17.5 Å². The lowest BCUT2D eigenvalue weighted by molar-refractivity contribution is -0.142. The fourth-order valence-electron chi connectivity index (χ4n) is 2.00. The molecule has 4 heteroatoms. The Bertz CT molecular complexity index is 415. The molecule has 1 aliphatic rings. The summed E-state index contributed by atoms with van der Waals surface area (Å²) in [7, 11) is 0. The summed E-state index contributed by atoms with van der Waals surface area (Å²) in [5, 5.41) is 10.1. The van der Waals surface area contributed by atoms with E-state index in [1.54, 1.807) is 6.07 Å². The molecular weight excluding hydrogens is 235 g/mol. The van der Waals surface area contributed by atoms with Gasteiger partial charge in [0.15, 0.2) is 0 Å². The van der Waals surface area contributed by atoms with Gasteiger partial charge in [0.2, 0.25) is 0 Å². The van der Waals surface area contributed by atoms with Crippen LogP contribution >= 0.6 is 23.2 Å². The summed E-state index contributed by atoms with van der Waals surface area (Å²) in [4.78, 5) is 10.9. The van der Waals surface area contributed by atoms with Crippen LogP contribution in [0.5, 0.6) is 0 Å². The largest absolute Gasteiger partial charge is 0.481 e. The van der Waals surface area contributed by atoms with E-state index >= 15 is 0 Å². The molecule has 0 saturated carbocycles. The quantitative estimate of drug-likeness (QED) is 0.824. The zero-order chi connectivity index (χ0) is 11.0. The van der Waals surface area contributed by atoms with E-state index in [2.05, 4.69) is 0 Å². The summed E-state index contributed by atoms with van der Waals surface area (Å²) in [5.41, 5.74) is 2.03. The van der Waals surface area contributed by atoms with E-state index in [1.165, 1.54) is 0 Å². The number of carboxylic acids is 1. The normalized spacial score (nSPS) is 19.7. The van der Waals surface area contributed by atoms with Crippen molar-refractivity contribution >= 4 is 29.2 Å². The van der Waals surface area contributed by atoms with Gasteiger partial charge in [-0.25, -0.2) is 0 Å². The standard InChI is InChI=1S/C11H10Cl2O2/c12-8-3-6-1-2-7(11(14)15)4-9(6)10(13)5-8/h3,5,7H,1-2,4H2,(H,14,15). The number of aryl methyl sites for hydroxylation is 1. The molecule has 0 bridgehead atoms. The van der Waals surface area contributed by atoms with E-state index < -0.39 is 5.97 Å². The molecule has 2 nitrogen and oxygen atoms in total. The molecule has 0 aromatic heterocycles. The maximum atomic E-state index is 10.9. The molecule has 0 aliphatic heterocycles. The van der Waals surface area contributed by atoms with Crippen molar-refractivity contribution in [3.8, 4) is 0 Å². The number of carboxylic acid groups (broad SMARTS) is 1. The Morgan fingerprint density at radius 2 is 2.13 bits per heavy atom. The first-order valence-electron chi connectivity index (χ1n) is 4.77. The van der Waals surface area contributed by atoms with Crippen molar-refractivity contribution < 1.29 is 9.90 Å². The molecule has 0 saturated heterocycles. The Labute approximate surface area is 97.8 Å². The first-order chi connectivity index (χ1) is 7.08. The van der Waals surface area contributed by atoms with Gasteiger partial charge in [-0.05, 0) is 42.5 Å². The summed E-state index contributed by atoms with van der Waals surface area (Å²) in [6, 6.07) is 3.55. The van der Waals surface area contributed by atoms with Gasteiger partial charge < -0.3 is 5.11 Å². The zero-order valence-electron chi connectivity index (χ0n) is 7.96. The number of hydrogen-bond acceptors (Lipinski definition) is 1. The van der Waals surface area contributed by atoms with E-state index in [4.69, 9.17) is 28.3 Å². The van der Waals surface area contributed by atoms with Crippen LogP contribution in [0.15, 0.2) is 12.1 Å².